The quantitative estimate of drug-likeness (QED) is 0.655. The van der Waals surface area contributed by atoms with E-state index in [-0.39, 0.29) is 6.61 Å². The normalized spacial score (nSPS) is 11.0. The maximum atomic E-state index is 10.2. The van der Waals surface area contributed by atoms with E-state index in [2.05, 4.69) is 12.2 Å². The van der Waals surface area contributed by atoms with Crippen molar-refractivity contribution in [1.82, 2.24) is 0 Å². The Morgan fingerprint density at radius 3 is 2.50 bits per heavy atom. The van der Waals surface area contributed by atoms with Gasteiger partial charge in [0, 0.05) is 5.02 Å². The zero-order valence-electron chi connectivity index (χ0n) is 8.08. The molecule has 2 heteroatoms. The Morgan fingerprint density at radius 1 is 1.14 bits per heavy atom. The average molecular weight is 210 g/mol. The summed E-state index contributed by atoms with van der Waals surface area (Å²) >= 11 is 5.76. The number of hydrogen-bond donors (Lipinski definition) is 0. The Kier molecular flexibility index (Phi) is 5.35. The standard InChI is InChI=1S/C12H14ClO/c13-12-8-6-11(7-9-12)5-3-1-2-4-10-14/h3,5-9H,1-2,4,10H2/b5-3+. The van der Waals surface area contributed by atoms with E-state index in [0.717, 1.165) is 29.8 Å². The van der Waals surface area contributed by atoms with Crippen molar-refractivity contribution in [2.24, 2.45) is 0 Å². The summed E-state index contributed by atoms with van der Waals surface area (Å²) in [5.74, 6) is 0. The van der Waals surface area contributed by atoms with Crippen LogP contribution >= 0.6 is 11.6 Å². The van der Waals surface area contributed by atoms with Gasteiger partial charge in [0.25, 0.3) is 0 Å². The molecule has 1 aromatic carbocycles. The molecule has 1 nitrogen and oxygen atoms in total. The lowest BCUT2D eigenvalue weighted by Crippen LogP contribution is -1.78. The fraction of sp³-hybridized carbons (Fsp3) is 0.333. The van der Waals surface area contributed by atoms with Crippen LogP contribution in [-0.2, 0) is 5.11 Å². The van der Waals surface area contributed by atoms with Crippen molar-refractivity contribution < 1.29 is 5.11 Å². The SMILES string of the molecule is [O]CCCC/C=C/c1ccc(Cl)cc1. The summed E-state index contributed by atoms with van der Waals surface area (Å²) in [6.45, 7) is 0.0365. The van der Waals surface area contributed by atoms with Gasteiger partial charge in [-0.2, -0.15) is 0 Å². The molecule has 0 saturated heterocycles. The van der Waals surface area contributed by atoms with Gasteiger partial charge in [-0.05, 0) is 37.0 Å². The monoisotopic (exact) mass is 209 g/mol. The van der Waals surface area contributed by atoms with Crippen molar-refractivity contribution in [2.45, 2.75) is 19.3 Å². The van der Waals surface area contributed by atoms with Crippen molar-refractivity contribution in [3.8, 4) is 0 Å². The fourth-order valence-corrected chi connectivity index (χ4v) is 1.28. The first-order valence-electron chi connectivity index (χ1n) is 4.83. The summed E-state index contributed by atoms with van der Waals surface area (Å²) in [5.41, 5.74) is 1.15. The fourth-order valence-electron chi connectivity index (χ4n) is 1.16. The molecule has 0 spiro atoms. The molecule has 0 fully saturated rings. The van der Waals surface area contributed by atoms with E-state index in [4.69, 9.17) is 11.6 Å². The van der Waals surface area contributed by atoms with E-state index in [9.17, 15) is 5.11 Å². The second-order valence-corrected chi connectivity index (χ2v) is 3.59. The van der Waals surface area contributed by atoms with Crippen molar-refractivity contribution in [2.75, 3.05) is 6.61 Å². The molecule has 0 aliphatic carbocycles. The average Bonchev–Trinajstić information content (AvgIpc) is 2.21. The molecule has 0 heterocycles. The van der Waals surface area contributed by atoms with Crippen LogP contribution in [-0.4, -0.2) is 6.61 Å². The zero-order chi connectivity index (χ0) is 10.2. The van der Waals surface area contributed by atoms with Crippen molar-refractivity contribution in [1.29, 1.82) is 0 Å². The van der Waals surface area contributed by atoms with E-state index >= 15 is 0 Å². The van der Waals surface area contributed by atoms with E-state index in [1.54, 1.807) is 0 Å². The summed E-state index contributed by atoms with van der Waals surface area (Å²) < 4.78 is 0. The molecule has 0 atom stereocenters. The molecule has 0 bridgehead atoms. The maximum Gasteiger partial charge on any atom is 0.0822 e. The first-order valence-corrected chi connectivity index (χ1v) is 5.21. The van der Waals surface area contributed by atoms with Crippen LogP contribution in [0.5, 0.6) is 0 Å². The minimum absolute atomic E-state index is 0.0365. The molecule has 0 unspecified atom stereocenters. The third-order valence-electron chi connectivity index (χ3n) is 1.95. The molecule has 0 aliphatic rings. The molecule has 14 heavy (non-hydrogen) atoms. The lowest BCUT2D eigenvalue weighted by molar-refractivity contribution is 0.187. The van der Waals surface area contributed by atoms with E-state index in [1.807, 2.05) is 24.3 Å². The van der Waals surface area contributed by atoms with Crippen LogP contribution in [0.3, 0.4) is 0 Å². The first kappa shape index (κ1) is 11.3. The minimum atomic E-state index is 0.0365. The van der Waals surface area contributed by atoms with Crippen LogP contribution in [0.4, 0.5) is 0 Å². The van der Waals surface area contributed by atoms with Crippen LogP contribution in [0.25, 0.3) is 6.08 Å². The van der Waals surface area contributed by atoms with Crippen LogP contribution in [0.2, 0.25) is 5.02 Å². The third kappa shape index (κ3) is 4.45. The molecule has 75 valence electrons. The maximum absolute atomic E-state index is 10.2. The Balaban J connectivity index is 2.33. The Hall–Kier alpha value is -0.790. The molecule has 0 N–H and O–H groups in total. The van der Waals surface area contributed by atoms with Gasteiger partial charge in [-0.15, -0.1) is 0 Å². The van der Waals surface area contributed by atoms with Gasteiger partial charge in [-0.3, -0.25) is 0 Å². The summed E-state index contributed by atoms with van der Waals surface area (Å²) in [7, 11) is 0. The van der Waals surface area contributed by atoms with Gasteiger partial charge < -0.3 is 0 Å². The van der Waals surface area contributed by atoms with Gasteiger partial charge in [0.2, 0.25) is 0 Å². The number of halogens is 1. The largest absolute Gasteiger partial charge is 0.237 e. The summed E-state index contributed by atoms with van der Waals surface area (Å²) in [6.07, 6.45) is 6.88. The van der Waals surface area contributed by atoms with Crippen LogP contribution < -0.4 is 0 Å². The Labute approximate surface area is 90.0 Å². The minimum Gasteiger partial charge on any atom is -0.237 e. The molecule has 0 aromatic heterocycles. The van der Waals surface area contributed by atoms with E-state index in [1.165, 1.54) is 0 Å². The van der Waals surface area contributed by atoms with E-state index in [0.29, 0.717) is 0 Å². The van der Waals surface area contributed by atoms with Gasteiger partial charge in [0.1, 0.15) is 0 Å². The van der Waals surface area contributed by atoms with Crippen LogP contribution in [0, 0.1) is 0 Å². The third-order valence-corrected chi connectivity index (χ3v) is 2.20. The van der Waals surface area contributed by atoms with Crippen LogP contribution in [0.15, 0.2) is 30.3 Å². The number of allylic oxidation sites excluding steroid dienone is 1. The predicted molar refractivity (Wildman–Crippen MR) is 59.9 cm³/mol. The molecular formula is C12H14ClO. The molecule has 1 radical (unpaired) electrons. The molecule has 1 rings (SSSR count). The highest BCUT2D eigenvalue weighted by Gasteiger charge is 1.87. The van der Waals surface area contributed by atoms with Crippen molar-refractivity contribution >= 4 is 17.7 Å². The summed E-state index contributed by atoms with van der Waals surface area (Å²) in [5, 5.41) is 10.9. The zero-order valence-corrected chi connectivity index (χ0v) is 8.83. The van der Waals surface area contributed by atoms with Crippen molar-refractivity contribution in [3.63, 3.8) is 0 Å². The van der Waals surface area contributed by atoms with Crippen molar-refractivity contribution in [3.05, 3.63) is 40.9 Å². The van der Waals surface area contributed by atoms with Gasteiger partial charge in [-0.1, -0.05) is 35.9 Å². The van der Waals surface area contributed by atoms with Gasteiger partial charge in [0.05, 0.1) is 6.61 Å². The van der Waals surface area contributed by atoms with Gasteiger partial charge >= 0.3 is 0 Å². The summed E-state index contributed by atoms with van der Waals surface area (Å²) in [6, 6.07) is 7.70. The topological polar surface area (TPSA) is 19.9 Å². The first-order chi connectivity index (χ1) is 6.83. The molecular weight excluding hydrogens is 196 g/mol. The number of rotatable bonds is 5. The Bertz CT molecular complexity index is 277. The highest BCUT2D eigenvalue weighted by Crippen LogP contribution is 2.11. The smallest absolute Gasteiger partial charge is 0.0822 e. The highest BCUT2D eigenvalue weighted by atomic mass is 35.5. The lowest BCUT2D eigenvalue weighted by Gasteiger charge is -1.94. The van der Waals surface area contributed by atoms with Crippen LogP contribution in [0.1, 0.15) is 24.8 Å². The van der Waals surface area contributed by atoms with Gasteiger partial charge in [0.15, 0.2) is 0 Å². The van der Waals surface area contributed by atoms with Gasteiger partial charge in [-0.25, -0.2) is 5.11 Å². The predicted octanol–water partition coefficient (Wildman–Crippen LogP) is 3.95. The second kappa shape index (κ2) is 6.63. The number of hydrogen-bond acceptors (Lipinski definition) is 0. The second-order valence-electron chi connectivity index (χ2n) is 3.15. The molecule has 0 aliphatic heterocycles. The molecule has 0 saturated carbocycles. The number of benzene rings is 1. The highest BCUT2D eigenvalue weighted by molar-refractivity contribution is 6.30. The molecule has 0 amide bonds. The summed E-state index contributed by atoms with van der Waals surface area (Å²) in [4.78, 5) is 0. The Morgan fingerprint density at radius 2 is 1.86 bits per heavy atom. The lowest BCUT2D eigenvalue weighted by atomic mass is 10.2. The molecule has 1 aromatic rings. The van der Waals surface area contributed by atoms with E-state index < -0.39 is 0 Å². The number of unbranched alkanes of at least 4 members (excludes halogenated alkanes) is 2.